The molecule has 0 aromatic carbocycles. The minimum absolute atomic E-state index is 0.266. The summed E-state index contributed by atoms with van der Waals surface area (Å²) in [5.74, 6) is -0.270. The van der Waals surface area contributed by atoms with E-state index in [4.69, 9.17) is 9.15 Å². The number of aromatic nitrogens is 1. The minimum Gasteiger partial charge on any atom is -0.467 e. The second kappa shape index (κ2) is 6.33. The molecule has 0 spiro atoms. The Kier molecular flexibility index (Phi) is 4.52. The summed E-state index contributed by atoms with van der Waals surface area (Å²) < 4.78 is 10.0. The second-order valence-corrected chi connectivity index (χ2v) is 5.28. The lowest BCUT2D eigenvalue weighted by atomic mass is 10.4. The van der Waals surface area contributed by atoms with Gasteiger partial charge in [0.15, 0.2) is 6.61 Å². The van der Waals surface area contributed by atoms with Gasteiger partial charge in [-0.25, -0.2) is 9.78 Å². The van der Waals surface area contributed by atoms with E-state index in [1.165, 1.54) is 17.6 Å². The smallest absolute Gasteiger partial charge is 0.350 e. The summed E-state index contributed by atoms with van der Waals surface area (Å²) in [6, 6.07) is 3.48. The van der Waals surface area contributed by atoms with Crippen LogP contribution in [0.5, 0.6) is 0 Å². The standard InChI is InChI=1S/C13H14N2O4S/c1-8-12(20-9(2)15-8)13(17)19-7-11(16)14-6-10-4-3-5-18-10/h3-5H,6-7H2,1-2H3,(H,14,16). The Hall–Kier alpha value is -2.15. The van der Waals surface area contributed by atoms with E-state index in [1.54, 1.807) is 19.1 Å². The van der Waals surface area contributed by atoms with Crippen molar-refractivity contribution in [2.45, 2.75) is 20.4 Å². The normalized spacial score (nSPS) is 10.3. The summed E-state index contributed by atoms with van der Waals surface area (Å²) in [7, 11) is 0. The Balaban J connectivity index is 1.78. The van der Waals surface area contributed by atoms with Crippen LogP contribution in [0.25, 0.3) is 0 Å². The highest BCUT2D eigenvalue weighted by Gasteiger charge is 2.16. The molecule has 0 radical (unpaired) electrons. The fourth-order valence-corrected chi connectivity index (χ4v) is 2.38. The molecule has 6 nitrogen and oxygen atoms in total. The van der Waals surface area contributed by atoms with Crippen molar-refractivity contribution in [2.75, 3.05) is 6.61 Å². The van der Waals surface area contributed by atoms with E-state index in [0.717, 1.165) is 5.01 Å². The third-order valence-electron chi connectivity index (χ3n) is 2.46. The molecule has 2 aromatic heterocycles. The third-order valence-corrected chi connectivity index (χ3v) is 3.52. The van der Waals surface area contributed by atoms with Gasteiger partial charge in [-0.2, -0.15) is 0 Å². The third kappa shape index (κ3) is 3.67. The number of hydrogen-bond donors (Lipinski definition) is 1. The lowest BCUT2D eigenvalue weighted by molar-refractivity contribution is -0.124. The molecule has 0 unspecified atom stereocenters. The van der Waals surface area contributed by atoms with Crippen LogP contribution < -0.4 is 5.32 Å². The molecule has 0 bridgehead atoms. The first-order chi connectivity index (χ1) is 9.56. The van der Waals surface area contributed by atoms with Crippen molar-refractivity contribution in [3.05, 3.63) is 39.7 Å². The summed E-state index contributed by atoms with van der Waals surface area (Å²) in [4.78, 5) is 27.9. The monoisotopic (exact) mass is 294 g/mol. The fraction of sp³-hybridized carbons (Fsp3) is 0.308. The predicted octanol–water partition coefficient (Wildman–Crippen LogP) is 1.83. The molecular weight excluding hydrogens is 280 g/mol. The largest absolute Gasteiger partial charge is 0.467 e. The second-order valence-electron chi connectivity index (χ2n) is 4.08. The lowest BCUT2D eigenvalue weighted by Gasteiger charge is -2.04. The van der Waals surface area contributed by atoms with Gasteiger partial charge < -0.3 is 14.5 Å². The molecule has 2 heterocycles. The summed E-state index contributed by atoms with van der Waals surface area (Å²) in [6.45, 7) is 3.49. The summed E-state index contributed by atoms with van der Waals surface area (Å²) >= 11 is 1.25. The van der Waals surface area contributed by atoms with Crippen LogP contribution in [-0.4, -0.2) is 23.5 Å². The number of esters is 1. The predicted molar refractivity (Wildman–Crippen MR) is 72.4 cm³/mol. The molecule has 7 heteroatoms. The Bertz CT molecular complexity index is 604. The van der Waals surface area contributed by atoms with Crippen LogP contribution in [-0.2, 0) is 16.1 Å². The van der Waals surface area contributed by atoms with Gasteiger partial charge >= 0.3 is 5.97 Å². The number of thiazole rings is 1. The van der Waals surface area contributed by atoms with E-state index in [-0.39, 0.29) is 19.1 Å². The first kappa shape index (κ1) is 14.3. The number of aryl methyl sites for hydroxylation is 2. The zero-order valence-electron chi connectivity index (χ0n) is 11.1. The summed E-state index contributed by atoms with van der Waals surface area (Å²) in [5, 5.41) is 3.38. The maximum atomic E-state index is 11.8. The molecule has 1 N–H and O–H groups in total. The van der Waals surface area contributed by atoms with E-state index in [1.807, 2.05) is 6.92 Å². The molecule has 0 saturated heterocycles. The zero-order valence-corrected chi connectivity index (χ0v) is 12.0. The van der Waals surface area contributed by atoms with Crippen LogP contribution in [0.4, 0.5) is 0 Å². The number of nitrogens with one attached hydrogen (secondary N) is 1. The van der Waals surface area contributed by atoms with Crippen molar-refractivity contribution >= 4 is 23.2 Å². The lowest BCUT2D eigenvalue weighted by Crippen LogP contribution is -2.28. The van der Waals surface area contributed by atoms with Gasteiger partial charge in [0.1, 0.15) is 10.6 Å². The summed E-state index contributed by atoms with van der Waals surface area (Å²) in [5.41, 5.74) is 0.619. The topological polar surface area (TPSA) is 81.4 Å². The van der Waals surface area contributed by atoms with Crippen molar-refractivity contribution in [1.82, 2.24) is 10.3 Å². The van der Waals surface area contributed by atoms with Gasteiger partial charge in [-0.15, -0.1) is 11.3 Å². The van der Waals surface area contributed by atoms with E-state index in [9.17, 15) is 9.59 Å². The summed E-state index contributed by atoms with van der Waals surface area (Å²) in [6.07, 6.45) is 1.52. The van der Waals surface area contributed by atoms with Gasteiger partial charge in [-0.3, -0.25) is 4.79 Å². The minimum atomic E-state index is -0.527. The van der Waals surface area contributed by atoms with Gasteiger partial charge in [0.2, 0.25) is 0 Å². The van der Waals surface area contributed by atoms with Gasteiger partial charge in [0, 0.05) is 0 Å². The maximum Gasteiger partial charge on any atom is 0.350 e. The number of furan rings is 1. The molecule has 0 atom stereocenters. The van der Waals surface area contributed by atoms with Crippen LogP contribution in [0.1, 0.15) is 26.1 Å². The van der Waals surface area contributed by atoms with Gasteiger partial charge in [-0.05, 0) is 26.0 Å². The molecule has 2 aromatic rings. The van der Waals surface area contributed by atoms with Gasteiger partial charge in [-0.1, -0.05) is 0 Å². The van der Waals surface area contributed by atoms with E-state index >= 15 is 0 Å². The highest BCUT2D eigenvalue weighted by atomic mass is 32.1. The molecule has 0 aliphatic heterocycles. The number of carbonyl (C=O) groups excluding carboxylic acids is 2. The Morgan fingerprint density at radius 3 is 2.85 bits per heavy atom. The molecule has 20 heavy (non-hydrogen) atoms. The zero-order chi connectivity index (χ0) is 14.5. The quantitative estimate of drug-likeness (QED) is 0.851. The first-order valence-electron chi connectivity index (χ1n) is 5.96. The molecular formula is C13H14N2O4S. The molecule has 0 aliphatic rings. The number of hydrogen-bond acceptors (Lipinski definition) is 6. The van der Waals surface area contributed by atoms with E-state index in [0.29, 0.717) is 16.3 Å². The van der Waals surface area contributed by atoms with Crippen molar-refractivity contribution in [2.24, 2.45) is 0 Å². The number of nitrogens with zero attached hydrogens (tertiary/aromatic N) is 1. The van der Waals surface area contributed by atoms with Gasteiger partial charge in [0.25, 0.3) is 5.91 Å². The average Bonchev–Trinajstić information content (AvgIpc) is 3.03. The Morgan fingerprint density at radius 2 is 2.25 bits per heavy atom. The number of amides is 1. The van der Waals surface area contributed by atoms with E-state index < -0.39 is 5.97 Å². The van der Waals surface area contributed by atoms with Crippen LogP contribution in [0.2, 0.25) is 0 Å². The molecule has 1 amide bonds. The Morgan fingerprint density at radius 1 is 1.45 bits per heavy atom. The van der Waals surface area contributed by atoms with Crippen LogP contribution in [0, 0.1) is 13.8 Å². The highest BCUT2D eigenvalue weighted by Crippen LogP contribution is 2.17. The van der Waals surface area contributed by atoms with Crippen LogP contribution in [0.3, 0.4) is 0 Å². The van der Waals surface area contributed by atoms with Crippen molar-refractivity contribution in [3.63, 3.8) is 0 Å². The fourth-order valence-electron chi connectivity index (χ4n) is 1.57. The van der Waals surface area contributed by atoms with Crippen molar-refractivity contribution in [1.29, 1.82) is 0 Å². The number of rotatable bonds is 5. The molecule has 106 valence electrons. The van der Waals surface area contributed by atoms with Gasteiger partial charge in [0.05, 0.1) is 23.5 Å². The van der Waals surface area contributed by atoms with Crippen LogP contribution >= 0.6 is 11.3 Å². The first-order valence-corrected chi connectivity index (χ1v) is 6.78. The number of carbonyl (C=O) groups is 2. The maximum absolute atomic E-state index is 11.8. The Labute approximate surface area is 119 Å². The SMILES string of the molecule is Cc1nc(C)c(C(=O)OCC(=O)NCc2ccco2)s1. The van der Waals surface area contributed by atoms with E-state index in [2.05, 4.69) is 10.3 Å². The van der Waals surface area contributed by atoms with Crippen LogP contribution in [0.15, 0.2) is 22.8 Å². The molecule has 2 rings (SSSR count). The number of ether oxygens (including phenoxy) is 1. The molecule has 0 fully saturated rings. The highest BCUT2D eigenvalue weighted by molar-refractivity contribution is 7.13. The molecule has 0 saturated carbocycles. The molecule has 0 aliphatic carbocycles. The van der Waals surface area contributed by atoms with Crippen molar-refractivity contribution < 1.29 is 18.7 Å². The van der Waals surface area contributed by atoms with Crippen molar-refractivity contribution in [3.8, 4) is 0 Å². The average molecular weight is 294 g/mol.